The number of nitrogens with two attached hydrogens (primary N) is 1. The number of ether oxygens (including phenoxy) is 1. The van der Waals surface area contributed by atoms with E-state index in [4.69, 9.17) is 10.5 Å². The Kier molecular flexibility index (Phi) is 4.23. The SMILES string of the molecule is COc1cc(F)c(N)cc1SC(C)(C)c1ccccc1. The largest absolute Gasteiger partial charge is 0.495 e. The van der Waals surface area contributed by atoms with E-state index in [9.17, 15) is 4.39 Å². The van der Waals surface area contributed by atoms with Crippen molar-refractivity contribution in [2.75, 3.05) is 12.8 Å². The molecule has 0 aromatic heterocycles. The number of hydrogen-bond acceptors (Lipinski definition) is 3. The second kappa shape index (κ2) is 5.75. The first kappa shape index (κ1) is 14.7. The second-order valence-corrected chi connectivity index (χ2v) is 6.67. The number of rotatable bonds is 4. The summed E-state index contributed by atoms with van der Waals surface area (Å²) in [6.07, 6.45) is 0. The quantitative estimate of drug-likeness (QED) is 0.668. The van der Waals surface area contributed by atoms with E-state index < -0.39 is 5.82 Å². The van der Waals surface area contributed by atoms with Crippen LogP contribution >= 0.6 is 11.8 Å². The van der Waals surface area contributed by atoms with Gasteiger partial charge in [0.05, 0.1) is 17.7 Å². The zero-order chi connectivity index (χ0) is 14.8. The molecule has 2 rings (SSSR count). The average Bonchev–Trinajstić information content (AvgIpc) is 2.43. The molecule has 106 valence electrons. The summed E-state index contributed by atoms with van der Waals surface area (Å²) in [5, 5.41) is 0. The molecule has 0 fully saturated rings. The molecule has 2 aromatic carbocycles. The van der Waals surface area contributed by atoms with Gasteiger partial charge in [0, 0.05) is 10.8 Å². The molecular weight excluding hydrogens is 273 g/mol. The summed E-state index contributed by atoms with van der Waals surface area (Å²) in [5.41, 5.74) is 6.98. The number of nitrogen functional groups attached to an aromatic ring is 1. The first-order chi connectivity index (χ1) is 9.44. The van der Waals surface area contributed by atoms with Crippen molar-refractivity contribution in [3.63, 3.8) is 0 Å². The molecule has 0 atom stereocenters. The van der Waals surface area contributed by atoms with Crippen LogP contribution in [0.4, 0.5) is 10.1 Å². The van der Waals surface area contributed by atoms with E-state index in [-0.39, 0.29) is 10.4 Å². The highest BCUT2D eigenvalue weighted by Gasteiger charge is 2.24. The molecule has 2 N–H and O–H groups in total. The summed E-state index contributed by atoms with van der Waals surface area (Å²) in [4.78, 5) is 0.834. The Morgan fingerprint density at radius 1 is 1.15 bits per heavy atom. The first-order valence-corrected chi connectivity index (χ1v) is 7.13. The Bertz CT molecular complexity index is 599. The predicted molar refractivity (Wildman–Crippen MR) is 82.7 cm³/mol. The van der Waals surface area contributed by atoms with Gasteiger partial charge in [-0.2, -0.15) is 0 Å². The molecule has 0 radical (unpaired) electrons. The Morgan fingerprint density at radius 2 is 1.80 bits per heavy atom. The van der Waals surface area contributed by atoms with E-state index in [1.165, 1.54) is 18.7 Å². The van der Waals surface area contributed by atoms with Crippen LogP contribution in [0.3, 0.4) is 0 Å². The van der Waals surface area contributed by atoms with Crippen molar-refractivity contribution in [2.24, 2.45) is 0 Å². The van der Waals surface area contributed by atoms with Crippen molar-refractivity contribution >= 4 is 17.4 Å². The molecule has 4 heteroatoms. The molecule has 0 aliphatic carbocycles. The predicted octanol–water partition coefficient (Wildman–Crippen LogP) is 4.44. The van der Waals surface area contributed by atoms with Crippen molar-refractivity contribution in [2.45, 2.75) is 23.5 Å². The second-order valence-electron chi connectivity index (χ2n) is 5.00. The maximum Gasteiger partial charge on any atom is 0.149 e. The minimum absolute atomic E-state index is 0.136. The topological polar surface area (TPSA) is 35.2 Å². The van der Waals surface area contributed by atoms with Crippen LogP contribution < -0.4 is 10.5 Å². The average molecular weight is 291 g/mol. The molecule has 0 heterocycles. The van der Waals surface area contributed by atoms with Gasteiger partial charge in [-0.15, -0.1) is 11.8 Å². The monoisotopic (exact) mass is 291 g/mol. The zero-order valence-corrected chi connectivity index (χ0v) is 12.6. The van der Waals surface area contributed by atoms with Crippen LogP contribution in [0.1, 0.15) is 19.4 Å². The maximum absolute atomic E-state index is 13.5. The van der Waals surface area contributed by atoms with Crippen LogP contribution in [0.25, 0.3) is 0 Å². The zero-order valence-electron chi connectivity index (χ0n) is 11.8. The lowest BCUT2D eigenvalue weighted by Crippen LogP contribution is -2.12. The molecular formula is C16H18FNOS. The van der Waals surface area contributed by atoms with E-state index in [2.05, 4.69) is 26.0 Å². The lowest BCUT2D eigenvalue weighted by molar-refractivity contribution is 0.401. The van der Waals surface area contributed by atoms with Crippen LogP contribution in [0.2, 0.25) is 0 Å². The highest BCUT2D eigenvalue weighted by Crippen LogP contribution is 2.45. The van der Waals surface area contributed by atoms with Gasteiger partial charge in [-0.05, 0) is 25.5 Å². The van der Waals surface area contributed by atoms with Crippen molar-refractivity contribution in [1.82, 2.24) is 0 Å². The normalized spacial score (nSPS) is 11.4. The van der Waals surface area contributed by atoms with Gasteiger partial charge in [-0.3, -0.25) is 0 Å². The van der Waals surface area contributed by atoms with Crippen LogP contribution in [0, 0.1) is 5.82 Å². The van der Waals surface area contributed by atoms with Crippen LogP contribution in [-0.4, -0.2) is 7.11 Å². The number of halogens is 1. The van der Waals surface area contributed by atoms with Gasteiger partial charge in [-0.1, -0.05) is 30.3 Å². The molecule has 0 aliphatic heterocycles. The summed E-state index contributed by atoms with van der Waals surface area (Å²) < 4.78 is 18.6. The van der Waals surface area contributed by atoms with Crippen molar-refractivity contribution < 1.29 is 9.13 Å². The summed E-state index contributed by atoms with van der Waals surface area (Å²) in [6.45, 7) is 4.23. The van der Waals surface area contributed by atoms with Gasteiger partial charge in [0.1, 0.15) is 11.6 Å². The van der Waals surface area contributed by atoms with Crippen LogP contribution in [0.15, 0.2) is 47.4 Å². The Balaban J connectivity index is 2.36. The fraction of sp³-hybridized carbons (Fsp3) is 0.250. The van der Waals surface area contributed by atoms with E-state index in [1.807, 2.05) is 18.2 Å². The van der Waals surface area contributed by atoms with Gasteiger partial charge >= 0.3 is 0 Å². The molecule has 0 saturated carbocycles. The molecule has 0 spiro atoms. The van der Waals surface area contributed by atoms with Crippen molar-refractivity contribution in [1.29, 1.82) is 0 Å². The van der Waals surface area contributed by atoms with E-state index in [1.54, 1.807) is 17.8 Å². The van der Waals surface area contributed by atoms with Crippen LogP contribution in [-0.2, 0) is 4.75 Å². The minimum Gasteiger partial charge on any atom is -0.495 e. The van der Waals surface area contributed by atoms with Crippen molar-refractivity contribution in [3.05, 3.63) is 53.8 Å². The van der Waals surface area contributed by atoms with Crippen molar-refractivity contribution in [3.8, 4) is 5.75 Å². The maximum atomic E-state index is 13.5. The lowest BCUT2D eigenvalue weighted by atomic mass is 10.0. The molecule has 0 amide bonds. The molecule has 20 heavy (non-hydrogen) atoms. The number of benzene rings is 2. The van der Waals surface area contributed by atoms with Gasteiger partial charge in [-0.25, -0.2) is 4.39 Å². The summed E-state index contributed by atoms with van der Waals surface area (Å²) in [7, 11) is 1.53. The van der Waals surface area contributed by atoms with E-state index >= 15 is 0 Å². The third-order valence-electron chi connectivity index (χ3n) is 3.12. The Hall–Kier alpha value is -1.68. The molecule has 0 unspecified atom stereocenters. The third kappa shape index (κ3) is 3.07. The van der Waals surface area contributed by atoms with E-state index in [0.29, 0.717) is 5.75 Å². The standard InChI is InChI=1S/C16H18FNOS/c1-16(2,11-7-5-4-6-8-11)20-15-10-13(18)12(17)9-14(15)19-3/h4-10H,18H2,1-3H3. The summed E-state index contributed by atoms with van der Waals surface area (Å²) >= 11 is 1.60. The first-order valence-electron chi connectivity index (χ1n) is 6.31. The molecule has 2 aromatic rings. The van der Waals surface area contributed by atoms with E-state index in [0.717, 1.165) is 4.90 Å². The van der Waals surface area contributed by atoms with Gasteiger partial charge in [0.25, 0.3) is 0 Å². The smallest absolute Gasteiger partial charge is 0.149 e. The number of thioether (sulfide) groups is 1. The summed E-state index contributed by atoms with van der Waals surface area (Å²) in [6, 6.07) is 13.1. The van der Waals surface area contributed by atoms with Crippen LogP contribution in [0.5, 0.6) is 5.75 Å². The fourth-order valence-electron chi connectivity index (χ4n) is 1.96. The molecule has 0 bridgehead atoms. The molecule has 0 saturated heterocycles. The number of hydrogen-bond donors (Lipinski definition) is 1. The van der Waals surface area contributed by atoms with Gasteiger partial charge in [0.2, 0.25) is 0 Å². The van der Waals surface area contributed by atoms with Gasteiger partial charge in [0.15, 0.2) is 0 Å². The highest BCUT2D eigenvalue weighted by molar-refractivity contribution is 8.00. The molecule has 0 aliphatic rings. The summed E-state index contributed by atoms with van der Waals surface area (Å²) in [5.74, 6) is 0.0504. The number of methoxy groups -OCH3 is 1. The highest BCUT2D eigenvalue weighted by atomic mass is 32.2. The molecule has 2 nitrogen and oxygen atoms in total. The Labute approximate surface area is 123 Å². The third-order valence-corrected chi connectivity index (χ3v) is 4.40. The van der Waals surface area contributed by atoms with Gasteiger partial charge < -0.3 is 10.5 Å². The lowest BCUT2D eigenvalue weighted by Gasteiger charge is -2.25. The fourth-order valence-corrected chi connectivity index (χ4v) is 3.20. The number of anilines is 1. The minimum atomic E-state index is -0.455. The Morgan fingerprint density at radius 3 is 2.40 bits per heavy atom.